The lowest BCUT2D eigenvalue weighted by Crippen LogP contribution is -2.14. The molecular formula is C29H25FN2O3. The minimum Gasteiger partial charge on any atom is -0.478 e. The first-order valence-corrected chi connectivity index (χ1v) is 11.3. The molecular weight excluding hydrogens is 443 g/mol. The van der Waals surface area contributed by atoms with Gasteiger partial charge < -0.3 is 16.2 Å². The van der Waals surface area contributed by atoms with Crippen LogP contribution in [0.15, 0.2) is 84.9 Å². The van der Waals surface area contributed by atoms with Crippen LogP contribution in [-0.2, 0) is 11.3 Å². The number of amides is 1. The van der Waals surface area contributed by atoms with Crippen LogP contribution in [0.2, 0.25) is 0 Å². The molecule has 6 heteroatoms. The van der Waals surface area contributed by atoms with Crippen molar-refractivity contribution in [1.82, 2.24) is 0 Å². The molecule has 5 nitrogen and oxygen atoms in total. The Hall–Kier alpha value is -4.29. The van der Waals surface area contributed by atoms with Crippen molar-refractivity contribution < 1.29 is 19.1 Å². The van der Waals surface area contributed by atoms with Crippen molar-refractivity contribution >= 4 is 33.9 Å². The maximum Gasteiger partial charge on any atom is 0.328 e. The molecule has 35 heavy (non-hydrogen) atoms. The van der Waals surface area contributed by atoms with Gasteiger partial charge in [-0.3, -0.25) is 4.79 Å². The minimum absolute atomic E-state index is 0.0168. The van der Waals surface area contributed by atoms with E-state index < -0.39 is 17.7 Å². The van der Waals surface area contributed by atoms with Gasteiger partial charge in [-0.1, -0.05) is 55.5 Å². The van der Waals surface area contributed by atoms with E-state index in [4.69, 9.17) is 10.8 Å². The van der Waals surface area contributed by atoms with E-state index in [1.54, 1.807) is 6.07 Å². The van der Waals surface area contributed by atoms with Gasteiger partial charge in [-0.05, 0) is 75.4 Å². The summed E-state index contributed by atoms with van der Waals surface area (Å²) in [6.45, 7) is 2.22. The number of carbonyl (C=O) groups is 2. The van der Waals surface area contributed by atoms with E-state index in [1.165, 1.54) is 18.2 Å². The van der Waals surface area contributed by atoms with E-state index in [1.807, 2.05) is 61.5 Å². The maximum atomic E-state index is 14.7. The normalized spacial score (nSPS) is 11.5. The van der Waals surface area contributed by atoms with Gasteiger partial charge in [0.2, 0.25) is 0 Å². The summed E-state index contributed by atoms with van der Waals surface area (Å²) in [4.78, 5) is 24.6. The Kier molecular flexibility index (Phi) is 7.03. The molecule has 1 amide bonds. The summed E-state index contributed by atoms with van der Waals surface area (Å²) in [5, 5.41) is 13.4. The van der Waals surface area contributed by atoms with Crippen molar-refractivity contribution in [3.8, 4) is 11.1 Å². The van der Waals surface area contributed by atoms with Crippen LogP contribution in [0.4, 0.5) is 10.1 Å². The van der Waals surface area contributed by atoms with Crippen molar-refractivity contribution in [2.75, 3.05) is 5.32 Å². The van der Waals surface area contributed by atoms with Crippen molar-refractivity contribution in [3.63, 3.8) is 0 Å². The van der Waals surface area contributed by atoms with E-state index in [9.17, 15) is 14.0 Å². The van der Waals surface area contributed by atoms with Crippen molar-refractivity contribution in [3.05, 3.63) is 107 Å². The van der Waals surface area contributed by atoms with E-state index >= 15 is 0 Å². The zero-order valence-electron chi connectivity index (χ0n) is 19.2. The number of carbonyl (C=O) groups excluding carboxylic acids is 1. The molecule has 0 saturated heterocycles. The third-order valence-electron chi connectivity index (χ3n) is 5.87. The van der Waals surface area contributed by atoms with Gasteiger partial charge in [-0.2, -0.15) is 0 Å². The lowest BCUT2D eigenvalue weighted by atomic mass is 9.95. The molecule has 4 aromatic rings. The predicted molar refractivity (Wildman–Crippen MR) is 138 cm³/mol. The number of rotatable bonds is 7. The van der Waals surface area contributed by atoms with Crippen LogP contribution in [0.1, 0.15) is 34.8 Å². The smallest absolute Gasteiger partial charge is 0.328 e. The lowest BCUT2D eigenvalue weighted by Gasteiger charge is -2.13. The van der Waals surface area contributed by atoms with E-state index in [2.05, 4.69) is 5.32 Å². The van der Waals surface area contributed by atoms with Crippen molar-refractivity contribution in [2.45, 2.75) is 19.9 Å². The highest BCUT2D eigenvalue weighted by Gasteiger charge is 2.16. The first kappa shape index (κ1) is 23.9. The number of carboxylic acids is 1. The van der Waals surface area contributed by atoms with Gasteiger partial charge in [-0.15, -0.1) is 0 Å². The number of carboxylic acid groups (broad SMARTS) is 1. The Balaban J connectivity index is 1.77. The topological polar surface area (TPSA) is 92.4 Å². The van der Waals surface area contributed by atoms with Gasteiger partial charge in [0.15, 0.2) is 0 Å². The third-order valence-corrected chi connectivity index (χ3v) is 5.87. The third kappa shape index (κ3) is 5.28. The molecule has 0 saturated carbocycles. The van der Waals surface area contributed by atoms with Crippen LogP contribution in [0.5, 0.6) is 0 Å². The Bertz CT molecular complexity index is 1460. The number of fused-ring (bicyclic) bond motifs is 1. The SMILES string of the molecule is CC/C(=C\C(=O)O)c1ccc(F)c(NC(=O)c2cc(-c3cccc(CN)c3)cc3ccccc23)c1. The van der Waals surface area contributed by atoms with Gasteiger partial charge in [-0.25, -0.2) is 9.18 Å². The van der Waals surface area contributed by atoms with Gasteiger partial charge in [0.25, 0.3) is 5.91 Å². The zero-order chi connectivity index (χ0) is 24.9. The van der Waals surface area contributed by atoms with Gasteiger partial charge in [0, 0.05) is 18.2 Å². The molecule has 0 aliphatic carbocycles. The zero-order valence-corrected chi connectivity index (χ0v) is 19.2. The van der Waals surface area contributed by atoms with E-state index in [0.29, 0.717) is 29.7 Å². The summed E-state index contributed by atoms with van der Waals surface area (Å²) in [6, 6.07) is 23.3. The van der Waals surface area contributed by atoms with Gasteiger partial charge in [0.1, 0.15) is 5.82 Å². The van der Waals surface area contributed by atoms with Crippen LogP contribution >= 0.6 is 0 Å². The highest BCUT2D eigenvalue weighted by molar-refractivity contribution is 6.14. The second kappa shape index (κ2) is 10.3. The van der Waals surface area contributed by atoms with Crippen LogP contribution < -0.4 is 11.1 Å². The van der Waals surface area contributed by atoms with Gasteiger partial charge >= 0.3 is 5.97 Å². The number of anilines is 1. The molecule has 0 atom stereocenters. The minimum atomic E-state index is -1.08. The monoisotopic (exact) mass is 468 g/mol. The number of aliphatic carboxylic acids is 1. The number of benzene rings is 4. The van der Waals surface area contributed by atoms with Gasteiger partial charge in [0.05, 0.1) is 5.69 Å². The number of hydrogen-bond acceptors (Lipinski definition) is 3. The molecule has 4 rings (SSSR count). The fourth-order valence-corrected chi connectivity index (χ4v) is 4.09. The maximum absolute atomic E-state index is 14.7. The fourth-order valence-electron chi connectivity index (χ4n) is 4.09. The molecule has 0 bridgehead atoms. The first-order valence-electron chi connectivity index (χ1n) is 11.3. The second-order valence-corrected chi connectivity index (χ2v) is 8.16. The molecule has 0 aliphatic rings. The fraction of sp³-hybridized carbons (Fsp3) is 0.103. The molecule has 4 aromatic carbocycles. The highest BCUT2D eigenvalue weighted by atomic mass is 19.1. The quantitative estimate of drug-likeness (QED) is 0.280. The molecule has 176 valence electrons. The second-order valence-electron chi connectivity index (χ2n) is 8.16. The molecule has 0 unspecified atom stereocenters. The molecule has 0 spiro atoms. The average Bonchev–Trinajstić information content (AvgIpc) is 2.87. The Morgan fingerprint density at radius 3 is 2.51 bits per heavy atom. The Labute approximate surface area is 202 Å². The lowest BCUT2D eigenvalue weighted by molar-refractivity contribution is -0.131. The number of nitrogens with one attached hydrogen (secondary N) is 1. The summed E-state index contributed by atoms with van der Waals surface area (Å²) < 4.78 is 14.7. The molecule has 0 radical (unpaired) electrons. The average molecular weight is 469 g/mol. The summed E-state index contributed by atoms with van der Waals surface area (Å²) in [5.41, 5.74) is 9.98. The summed E-state index contributed by atoms with van der Waals surface area (Å²) in [5.74, 6) is -2.16. The number of halogens is 1. The number of allylic oxidation sites excluding steroid dienone is 1. The first-order chi connectivity index (χ1) is 16.9. The molecule has 0 heterocycles. The molecule has 4 N–H and O–H groups in total. The standard InChI is InChI=1S/C29H25FN2O3/c1-2-19(16-28(33)34)21-10-11-26(30)27(15-21)32-29(35)25-14-23(13-22-7-3-4-9-24(22)25)20-8-5-6-18(12-20)17-31/h3-16H,2,17,31H2,1H3,(H,32,35)(H,33,34)/b19-16+. The van der Waals surface area contributed by atoms with Crippen LogP contribution in [0.3, 0.4) is 0 Å². The van der Waals surface area contributed by atoms with E-state index in [0.717, 1.165) is 33.5 Å². The van der Waals surface area contributed by atoms with Crippen molar-refractivity contribution in [1.29, 1.82) is 0 Å². The van der Waals surface area contributed by atoms with Crippen LogP contribution in [0.25, 0.3) is 27.5 Å². The highest BCUT2D eigenvalue weighted by Crippen LogP contribution is 2.30. The molecule has 0 aromatic heterocycles. The Morgan fingerprint density at radius 2 is 1.77 bits per heavy atom. The van der Waals surface area contributed by atoms with E-state index in [-0.39, 0.29) is 5.69 Å². The van der Waals surface area contributed by atoms with Crippen LogP contribution in [-0.4, -0.2) is 17.0 Å². The van der Waals surface area contributed by atoms with Crippen LogP contribution in [0, 0.1) is 5.82 Å². The summed E-state index contributed by atoms with van der Waals surface area (Å²) in [6.07, 6.45) is 1.53. The number of hydrogen-bond donors (Lipinski definition) is 3. The predicted octanol–water partition coefficient (Wildman–Crippen LogP) is 6.23. The Morgan fingerprint density at radius 1 is 0.971 bits per heavy atom. The summed E-state index contributed by atoms with van der Waals surface area (Å²) >= 11 is 0. The summed E-state index contributed by atoms with van der Waals surface area (Å²) in [7, 11) is 0. The molecule has 0 fully saturated rings. The number of nitrogens with two attached hydrogens (primary N) is 1. The largest absolute Gasteiger partial charge is 0.478 e. The van der Waals surface area contributed by atoms with Crippen molar-refractivity contribution in [2.24, 2.45) is 5.73 Å². The molecule has 0 aliphatic heterocycles.